The van der Waals surface area contributed by atoms with Gasteiger partial charge in [-0.1, -0.05) is 29.8 Å². The highest BCUT2D eigenvalue weighted by Gasteiger charge is 2.56. The summed E-state index contributed by atoms with van der Waals surface area (Å²) in [5, 5.41) is 23.1. The minimum Gasteiger partial charge on any atom is -0.393 e. The number of hydrogen-bond acceptors (Lipinski definition) is 5. The number of benzene rings is 2. The molecule has 7 nitrogen and oxygen atoms in total. The van der Waals surface area contributed by atoms with Crippen molar-refractivity contribution in [1.29, 1.82) is 0 Å². The summed E-state index contributed by atoms with van der Waals surface area (Å²) in [4.78, 5) is 31.0. The molecule has 35 heavy (non-hydrogen) atoms. The molecule has 0 spiro atoms. The number of amides is 2. The zero-order valence-electron chi connectivity index (χ0n) is 18.6. The lowest BCUT2D eigenvalue weighted by Crippen LogP contribution is -2.48. The summed E-state index contributed by atoms with van der Waals surface area (Å²) in [6.07, 6.45) is 0.340. The number of halogens is 3. The van der Waals surface area contributed by atoms with Crippen molar-refractivity contribution < 1.29 is 28.6 Å². The third kappa shape index (κ3) is 4.50. The van der Waals surface area contributed by atoms with Crippen molar-refractivity contribution in [1.82, 2.24) is 4.98 Å². The van der Waals surface area contributed by atoms with Crippen molar-refractivity contribution in [2.75, 3.05) is 23.4 Å². The monoisotopic (exact) mass is 501 g/mol. The number of aromatic nitrogens is 1. The molecule has 182 valence electrons. The third-order valence-electron chi connectivity index (χ3n) is 6.07. The Morgan fingerprint density at radius 2 is 1.91 bits per heavy atom. The highest BCUT2D eigenvalue weighted by Crippen LogP contribution is 2.47. The molecular formula is C25H22ClF2N3O4. The van der Waals surface area contributed by atoms with Crippen LogP contribution in [-0.4, -0.2) is 46.1 Å². The first-order valence-electron chi connectivity index (χ1n) is 10.7. The highest BCUT2D eigenvalue weighted by molar-refractivity contribution is 6.30. The number of nitrogens with one attached hydrogen (secondary N) is 1. The van der Waals surface area contributed by atoms with Crippen molar-refractivity contribution in [2.24, 2.45) is 0 Å². The summed E-state index contributed by atoms with van der Waals surface area (Å²) in [7, 11) is 0. The fourth-order valence-electron chi connectivity index (χ4n) is 4.02. The number of carbonyl (C=O) groups is 2. The van der Waals surface area contributed by atoms with Gasteiger partial charge in [0, 0.05) is 35.3 Å². The minimum absolute atomic E-state index is 0.00468. The van der Waals surface area contributed by atoms with Crippen molar-refractivity contribution in [3.05, 3.63) is 88.1 Å². The number of aryl methyl sites for hydroxylation is 1. The van der Waals surface area contributed by atoms with Crippen LogP contribution in [0.25, 0.3) is 0 Å². The Bertz CT molecular complexity index is 1290. The number of aliphatic hydroxyl groups is 2. The van der Waals surface area contributed by atoms with Gasteiger partial charge in [0.25, 0.3) is 17.7 Å². The largest absolute Gasteiger partial charge is 0.393 e. The van der Waals surface area contributed by atoms with E-state index in [1.807, 2.05) is 6.07 Å². The highest BCUT2D eigenvalue weighted by atomic mass is 35.5. The molecule has 0 aliphatic carbocycles. The topological polar surface area (TPSA) is 103 Å². The van der Waals surface area contributed by atoms with E-state index in [2.05, 4.69) is 10.3 Å². The van der Waals surface area contributed by atoms with Gasteiger partial charge >= 0.3 is 0 Å². The molecule has 1 aliphatic heterocycles. The molecule has 3 aromatic rings. The van der Waals surface area contributed by atoms with Gasteiger partial charge in [0.15, 0.2) is 5.60 Å². The van der Waals surface area contributed by atoms with Gasteiger partial charge in [0.05, 0.1) is 17.9 Å². The minimum atomic E-state index is -3.72. The Kier molecular flexibility index (Phi) is 6.59. The molecule has 0 saturated heterocycles. The molecule has 0 fully saturated rings. The van der Waals surface area contributed by atoms with Crippen LogP contribution in [0.1, 0.15) is 38.3 Å². The van der Waals surface area contributed by atoms with E-state index in [9.17, 15) is 28.6 Å². The van der Waals surface area contributed by atoms with Crippen LogP contribution in [0.15, 0.2) is 60.8 Å². The average Bonchev–Trinajstić information content (AvgIpc) is 2.92. The number of pyridine rings is 1. The fourth-order valence-corrected chi connectivity index (χ4v) is 4.20. The Morgan fingerprint density at radius 1 is 1.17 bits per heavy atom. The molecule has 3 N–H and O–H groups in total. The standard InChI is InChI=1S/C25H22ClF2N3O4/c1-15-4-2-3-5-18(15)22(33)30-21-9-6-16(13-29-21)23(34)31-11-10-25(27,28)24(35,14-32)19-12-17(26)7-8-20(19)31/h2-9,12-13,32,35H,10-11,14H2,1H3,(H,29,30,33)/t24-/m0/s1. The zero-order valence-corrected chi connectivity index (χ0v) is 19.4. The SMILES string of the molecule is Cc1ccccc1C(=O)Nc1ccc(C(=O)N2CCC(F)(F)[C@](O)(CO)c3cc(Cl)ccc32)cn1. The van der Waals surface area contributed by atoms with Gasteiger partial charge in [-0.25, -0.2) is 13.8 Å². The van der Waals surface area contributed by atoms with Gasteiger partial charge in [0.2, 0.25) is 0 Å². The van der Waals surface area contributed by atoms with Gasteiger partial charge in [-0.15, -0.1) is 0 Å². The lowest BCUT2D eigenvalue weighted by atomic mass is 9.86. The van der Waals surface area contributed by atoms with Crippen molar-refractivity contribution >= 4 is 34.9 Å². The van der Waals surface area contributed by atoms with Gasteiger partial charge in [0.1, 0.15) is 5.82 Å². The van der Waals surface area contributed by atoms with E-state index in [0.717, 1.165) is 16.5 Å². The molecule has 2 aromatic carbocycles. The van der Waals surface area contributed by atoms with Gasteiger partial charge in [-0.3, -0.25) is 9.59 Å². The van der Waals surface area contributed by atoms with Crippen LogP contribution < -0.4 is 10.2 Å². The van der Waals surface area contributed by atoms with E-state index in [4.69, 9.17) is 11.6 Å². The summed E-state index contributed by atoms with van der Waals surface area (Å²) in [6.45, 7) is 0.123. The van der Waals surface area contributed by atoms with Crippen LogP contribution in [0, 0.1) is 6.92 Å². The van der Waals surface area contributed by atoms with Gasteiger partial charge in [-0.2, -0.15) is 0 Å². The Morgan fingerprint density at radius 3 is 2.57 bits per heavy atom. The lowest BCUT2D eigenvalue weighted by molar-refractivity contribution is -0.205. The Hall–Kier alpha value is -3.40. The van der Waals surface area contributed by atoms with Crippen LogP contribution >= 0.6 is 11.6 Å². The van der Waals surface area contributed by atoms with Crippen molar-refractivity contribution in [3.8, 4) is 0 Å². The number of anilines is 2. The van der Waals surface area contributed by atoms with E-state index in [1.165, 1.54) is 30.5 Å². The van der Waals surface area contributed by atoms with E-state index in [1.54, 1.807) is 25.1 Å². The maximum atomic E-state index is 14.9. The average molecular weight is 502 g/mol. The third-order valence-corrected chi connectivity index (χ3v) is 6.30. The fraction of sp³-hybridized carbons (Fsp3) is 0.240. The second-order valence-corrected chi connectivity index (χ2v) is 8.73. The van der Waals surface area contributed by atoms with Crippen molar-refractivity contribution in [2.45, 2.75) is 24.9 Å². The molecule has 0 unspecified atom stereocenters. The molecule has 0 saturated carbocycles. The smallest absolute Gasteiger partial charge is 0.284 e. The molecule has 2 heterocycles. The first-order valence-corrected chi connectivity index (χ1v) is 11.1. The maximum Gasteiger partial charge on any atom is 0.284 e. The number of hydrogen-bond donors (Lipinski definition) is 3. The van der Waals surface area contributed by atoms with Crippen molar-refractivity contribution in [3.63, 3.8) is 0 Å². The number of carbonyl (C=O) groups excluding carboxylic acids is 2. The number of alkyl halides is 2. The maximum absolute atomic E-state index is 14.9. The van der Waals surface area contributed by atoms with E-state index in [-0.39, 0.29) is 33.6 Å². The predicted molar refractivity (Wildman–Crippen MR) is 127 cm³/mol. The van der Waals surface area contributed by atoms with Crippen LogP contribution in [-0.2, 0) is 5.60 Å². The molecule has 1 atom stereocenters. The Balaban J connectivity index is 1.62. The normalized spacial score (nSPS) is 19.0. The summed E-state index contributed by atoms with van der Waals surface area (Å²) in [5.41, 5.74) is -1.91. The summed E-state index contributed by atoms with van der Waals surface area (Å²) >= 11 is 5.98. The summed E-state index contributed by atoms with van der Waals surface area (Å²) in [5.74, 6) is -4.52. The number of fused-ring (bicyclic) bond motifs is 1. The molecular weight excluding hydrogens is 480 g/mol. The van der Waals surface area contributed by atoms with Crippen LogP contribution in [0.2, 0.25) is 5.02 Å². The molecule has 2 amide bonds. The molecule has 0 radical (unpaired) electrons. The second-order valence-electron chi connectivity index (χ2n) is 8.29. The molecule has 4 rings (SSSR count). The quantitative estimate of drug-likeness (QED) is 0.498. The van der Waals surface area contributed by atoms with Gasteiger partial charge in [-0.05, 0) is 48.9 Å². The number of nitrogens with zero attached hydrogens (tertiary/aromatic N) is 2. The van der Waals surface area contributed by atoms with E-state index < -0.39 is 37.0 Å². The van der Waals surface area contributed by atoms with E-state index in [0.29, 0.717) is 5.56 Å². The number of rotatable bonds is 4. The number of aliphatic hydroxyl groups excluding tert-OH is 1. The van der Waals surface area contributed by atoms with Gasteiger partial charge < -0.3 is 20.4 Å². The molecule has 0 bridgehead atoms. The van der Waals surface area contributed by atoms with Crippen LogP contribution in [0.5, 0.6) is 0 Å². The Labute approximate surface area is 205 Å². The first-order chi connectivity index (χ1) is 16.6. The lowest BCUT2D eigenvalue weighted by Gasteiger charge is -2.33. The second kappa shape index (κ2) is 9.33. The van der Waals surface area contributed by atoms with E-state index >= 15 is 0 Å². The summed E-state index contributed by atoms with van der Waals surface area (Å²) < 4.78 is 29.7. The predicted octanol–water partition coefficient (Wildman–Crippen LogP) is 4.16. The molecule has 1 aliphatic rings. The first kappa shape index (κ1) is 24.7. The zero-order chi connectivity index (χ0) is 25.4. The molecule has 1 aromatic heterocycles. The molecule has 10 heteroatoms. The van der Waals surface area contributed by atoms with Crippen LogP contribution in [0.3, 0.4) is 0 Å². The summed E-state index contributed by atoms with van der Waals surface area (Å²) in [6, 6.07) is 13.8. The van der Waals surface area contributed by atoms with Crippen LogP contribution in [0.4, 0.5) is 20.3 Å².